The number of methoxy groups -OCH3 is 2. The topological polar surface area (TPSA) is 61.6 Å². The fourth-order valence-electron chi connectivity index (χ4n) is 1.15. The summed E-state index contributed by atoms with van der Waals surface area (Å²) < 4.78 is 10.1. The SMILES string of the molecule is COc1ccc(/C(Cl)=C\[N+](=O)[O-])cc1OC. The van der Waals surface area contributed by atoms with Crippen molar-refractivity contribution >= 4 is 16.6 Å². The van der Waals surface area contributed by atoms with Crippen LogP contribution in [0.5, 0.6) is 11.5 Å². The second kappa shape index (κ2) is 5.37. The molecule has 1 aromatic rings. The lowest BCUT2D eigenvalue weighted by Crippen LogP contribution is -1.92. The molecule has 0 unspecified atom stereocenters. The normalized spacial score (nSPS) is 11.1. The Morgan fingerprint density at radius 1 is 1.38 bits per heavy atom. The van der Waals surface area contributed by atoms with Crippen LogP contribution in [0.25, 0.3) is 5.03 Å². The summed E-state index contributed by atoms with van der Waals surface area (Å²) in [6.07, 6.45) is 0.725. The second-order valence-electron chi connectivity index (χ2n) is 2.83. The summed E-state index contributed by atoms with van der Waals surface area (Å²) in [5.41, 5.74) is 0.496. The van der Waals surface area contributed by atoms with Crippen LogP contribution in [0.3, 0.4) is 0 Å². The molecule has 0 saturated heterocycles. The first-order chi connectivity index (χ1) is 7.58. The standard InChI is InChI=1S/C10H10ClNO4/c1-15-9-4-3-7(5-10(9)16-2)8(11)6-12(13)14/h3-6H,1-2H3/b8-6+. The number of benzene rings is 1. The van der Waals surface area contributed by atoms with Crippen LogP contribution in [0, 0.1) is 10.1 Å². The zero-order valence-electron chi connectivity index (χ0n) is 8.77. The molecular weight excluding hydrogens is 234 g/mol. The molecule has 16 heavy (non-hydrogen) atoms. The molecule has 0 aliphatic rings. The molecule has 6 heteroatoms. The van der Waals surface area contributed by atoms with E-state index in [0.717, 1.165) is 6.20 Å². The first kappa shape index (κ1) is 12.3. The molecule has 0 bridgehead atoms. The van der Waals surface area contributed by atoms with E-state index in [2.05, 4.69) is 0 Å². The van der Waals surface area contributed by atoms with Gasteiger partial charge in [0.1, 0.15) is 5.03 Å². The molecule has 0 aromatic heterocycles. The van der Waals surface area contributed by atoms with Crippen LogP contribution >= 0.6 is 11.6 Å². The molecule has 0 fully saturated rings. The third kappa shape index (κ3) is 2.87. The van der Waals surface area contributed by atoms with Gasteiger partial charge in [-0.2, -0.15) is 0 Å². The van der Waals surface area contributed by atoms with Crippen molar-refractivity contribution in [3.63, 3.8) is 0 Å². The quantitative estimate of drug-likeness (QED) is 0.602. The number of halogens is 1. The lowest BCUT2D eigenvalue weighted by molar-refractivity contribution is -0.401. The van der Waals surface area contributed by atoms with Crippen molar-refractivity contribution in [2.45, 2.75) is 0 Å². The van der Waals surface area contributed by atoms with E-state index in [1.54, 1.807) is 18.2 Å². The minimum absolute atomic E-state index is 0.0333. The maximum Gasteiger partial charge on any atom is 0.253 e. The average molecular weight is 244 g/mol. The van der Waals surface area contributed by atoms with E-state index in [4.69, 9.17) is 21.1 Å². The summed E-state index contributed by atoms with van der Waals surface area (Å²) in [5.74, 6) is 1.01. The van der Waals surface area contributed by atoms with Crippen LogP contribution in [0.4, 0.5) is 0 Å². The molecule has 0 aliphatic carbocycles. The van der Waals surface area contributed by atoms with Crippen LogP contribution < -0.4 is 9.47 Å². The van der Waals surface area contributed by atoms with E-state index in [1.165, 1.54) is 14.2 Å². The third-order valence-corrected chi connectivity index (χ3v) is 2.19. The van der Waals surface area contributed by atoms with Crippen LogP contribution in [-0.2, 0) is 0 Å². The van der Waals surface area contributed by atoms with Gasteiger partial charge in [-0.05, 0) is 18.2 Å². The van der Waals surface area contributed by atoms with Gasteiger partial charge in [0.05, 0.1) is 19.1 Å². The highest BCUT2D eigenvalue weighted by molar-refractivity contribution is 6.48. The Balaban J connectivity index is 3.13. The van der Waals surface area contributed by atoms with Gasteiger partial charge in [0.2, 0.25) is 0 Å². The van der Waals surface area contributed by atoms with Crippen LogP contribution in [-0.4, -0.2) is 19.1 Å². The Bertz CT molecular complexity index is 431. The highest BCUT2D eigenvalue weighted by Crippen LogP contribution is 2.31. The number of nitro groups is 1. The van der Waals surface area contributed by atoms with Crippen molar-refractivity contribution < 1.29 is 14.4 Å². The number of ether oxygens (including phenoxy) is 2. The highest BCUT2D eigenvalue weighted by Gasteiger charge is 2.08. The van der Waals surface area contributed by atoms with E-state index in [0.29, 0.717) is 17.1 Å². The lowest BCUT2D eigenvalue weighted by Gasteiger charge is -2.08. The number of hydrogen-bond acceptors (Lipinski definition) is 4. The summed E-state index contributed by atoms with van der Waals surface area (Å²) in [5, 5.41) is 10.3. The predicted molar refractivity (Wildman–Crippen MR) is 60.4 cm³/mol. The molecular formula is C10H10ClNO4. The Morgan fingerprint density at radius 3 is 2.50 bits per heavy atom. The summed E-state index contributed by atoms with van der Waals surface area (Å²) in [7, 11) is 2.98. The largest absolute Gasteiger partial charge is 0.493 e. The summed E-state index contributed by atoms with van der Waals surface area (Å²) >= 11 is 5.75. The zero-order valence-corrected chi connectivity index (χ0v) is 9.52. The van der Waals surface area contributed by atoms with Crippen molar-refractivity contribution in [2.24, 2.45) is 0 Å². The minimum Gasteiger partial charge on any atom is -0.493 e. The van der Waals surface area contributed by atoms with Gasteiger partial charge in [-0.1, -0.05) is 11.6 Å². The van der Waals surface area contributed by atoms with Gasteiger partial charge in [0.25, 0.3) is 6.20 Å². The zero-order chi connectivity index (χ0) is 12.1. The van der Waals surface area contributed by atoms with Crippen LogP contribution in [0.2, 0.25) is 0 Å². The molecule has 0 spiro atoms. The molecule has 0 aliphatic heterocycles. The van der Waals surface area contributed by atoms with Crippen molar-refractivity contribution in [3.05, 3.63) is 40.1 Å². The fourth-order valence-corrected chi connectivity index (χ4v) is 1.35. The summed E-state index contributed by atoms with van der Waals surface area (Å²) in [4.78, 5) is 9.64. The summed E-state index contributed by atoms with van der Waals surface area (Å²) in [6, 6.07) is 4.81. The molecule has 1 rings (SSSR count). The van der Waals surface area contributed by atoms with Crippen molar-refractivity contribution in [1.29, 1.82) is 0 Å². The number of nitrogens with zero attached hydrogens (tertiary/aromatic N) is 1. The molecule has 86 valence electrons. The van der Waals surface area contributed by atoms with Gasteiger partial charge in [0.15, 0.2) is 11.5 Å². The van der Waals surface area contributed by atoms with E-state index in [-0.39, 0.29) is 5.03 Å². The smallest absolute Gasteiger partial charge is 0.253 e. The van der Waals surface area contributed by atoms with Gasteiger partial charge in [0, 0.05) is 5.56 Å². The Morgan fingerprint density at radius 2 is 2.00 bits per heavy atom. The monoisotopic (exact) mass is 243 g/mol. The van der Waals surface area contributed by atoms with Gasteiger partial charge < -0.3 is 9.47 Å². The molecule has 0 saturated carbocycles. The number of hydrogen-bond donors (Lipinski definition) is 0. The third-order valence-electron chi connectivity index (χ3n) is 1.88. The van der Waals surface area contributed by atoms with Crippen molar-refractivity contribution in [1.82, 2.24) is 0 Å². The molecule has 0 N–H and O–H groups in total. The molecule has 0 amide bonds. The van der Waals surface area contributed by atoms with Gasteiger partial charge in [-0.25, -0.2) is 0 Å². The average Bonchev–Trinajstić information content (AvgIpc) is 2.27. The van der Waals surface area contributed by atoms with Crippen LogP contribution in [0.1, 0.15) is 5.56 Å². The summed E-state index contributed by atoms with van der Waals surface area (Å²) in [6.45, 7) is 0. The first-order valence-corrected chi connectivity index (χ1v) is 4.69. The predicted octanol–water partition coefficient (Wildman–Crippen LogP) is 2.52. The molecule has 0 radical (unpaired) electrons. The van der Waals surface area contributed by atoms with E-state index >= 15 is 0 Å². The van der Waals surface area contributed by atoms with E-state index < -0.39 is 4.92 Å². The molecule has 5 nitrogen and oxygen atoms in total. The minimum atomic E-state index is -0.612. The Kier molecular flexibility index (Phi) is 4.13. The Hall–Kier alpha value is -1.75. The first-order valence-electron chi connectivity index (χ1n) is 4.31. The Labute approximate surface area is 97.4 Å². The van der Waals surface area contributed by atoms with E-state index in [1.807, 2.05) is 0 Å². The van der Waals surface area contributed by atoms with Gasteiger partial charge in [-0.15, -0.1) is 0 Å². The maximum atomic E-state index is 10.2. The fraction of sp³-hybridized carbons (Fsp3) is 0.200. The highest BCUT2D eigenvalue weighted by atomic mass is 35.5. The molecule has 0 heterocycles. The van der Waals surface area contributed by atoms with Crippen molar-refractivity contribution in [2.75, 3.05) is 14.2 Å². The second-order valence-corrected chi connectivity index (χ2v) is 3.24. The van der Waals surface area contributed by atoms with Crippen LogP contribution in [0.15, 0.2) is 24.4 Å². The van der Waals surface area contributed by atoms with E-state index in [9.17, 15) is 10.1 Å². The molecule has 1 aromatic carbocycles. The van der Waals surface area contributed by atoms with Crippen molar-refractivity contribution in [3.8, 4) is 11.5 Å². The lowest BCUT2D eigenvalue weighted by atomic mass is 10.2. The molecule has 0 atom stereocenters. The van der Waals surface area contributed by atoms with Gasteiger partial charge in [-0.3, -0.25) is 10.1 Å². The van der Waals surface area contributed by atoms with Gasteiger partial charge >= 0.3 is 0 Å². The number of rotatable bonds is 4. The maximum absolute atomic E-state index is 10.2.